The van der Waals surface area contributed by atoms with Crippen LogP contribution in [-0.2, 0) is 4.79 Å². The maximum atomic E-state index is 10.9. The van der Waals surface area contributed by atoms with Crippen LogP contribution < -0.4 is 4.74 Å². The molecule has 0 aliphatic carbocycles. The number of nitrogens with zero attached hydrogens (tertiary/aromatic N) is 1. The lowest BCUT2D eigenvalue weighted by atomic mass is 10.1. The molecule has 2 aromatic rings. The topological polar surface area (TPSA) is 59.4 Å². The van der Waals surface area contributed by atoms with Crippen molar-refractivity contribution < 1.29 is 14.6 Å². The summed E-state index contributed by atoms with van der Waals surface area (Å²) < 4.78 is 5.42. The van der Waals surface area contributed by atoms with Gasteiger partial charge in [0.05, 0.1) is 5.52 Å². The van der Waals surface area contributed by atoms with Gasteiger partial charge in [0, 0.05) is 11.6 Å². The zero-order valence-electron chi connectivity index (χ0n) is 10.4. The summed E-state index contributed by atoms with van der Waals surface area (Å²) in [6, 6.07) is 7.23. The molecule has 1 atom stereocenters. The summed E-state index contributed by atoms with van der Waals surface area (Å²) in [5, 5.41) is 9.85. The average molecular weight is 275 g/mol. The summed E-state index contributed by atoms with van der Waals surface area (Å²) in [6.45, 7) is 3.69. The first-order valence-electron chi connectivity index (χ1n) is 5.58. The van der Waals surface area contributed by atoms with Crippen molar-refractivity contribution in [1.82, 2.24) is 4.98 Å². The summed E-state index contributed by atoms with van der Waals surface area (Å²) in [5.74, 6) is -0.483. The molecule has 98 valence electrons. The molecule has 2 rings (SSSR count). The summed E-state index contributed by atoms with van der Waals surface area (Å²) in [6.07, 6.45) is 5.14. The van der Waals surface area contributed by atoms with E-state index in [2.05, 4.69) is 11.6 Å². The third kappa shape index (κ3) is 3.06. The molecule has 4 nitrogen and oxygen atoms in total. The molecule has 0 fully saturated rings. The Labute approximate surface area is 115 Å². The van der Waals surface area contributed by atoms with Crippen LogP contribution in [0.15, 0.2) is 37.0 Å². The van der Waals surface area contributed by atoms with Gasteiger partial charge in [0.2, 0.25) is 5.44 Å². The van der Waals surface area contributed by atoms with Gasteiger partial charge in [-0.2, -0.15) is 0 Å². The Bertz CT molecular complexity index is 627. The first-order valence-corrected chi connectivity index (χ1v) is 6.87. The molecule has 0 aliphatic rings. The van der Waals surface area contributed by atoms with Crippen LogP contribution in [0.4, 0.5) is 0 Å². The highest BCUT2D eigenvalue weighted by atomic mass is 32.2. The summed E-state index contributed by atoms with van der Waals surface area (Å²) in [7, 11) is 0. The molecule has 1 heterocycles. The molecular weight excluding hydrogens is 262 g/mol. The van der Waals surface area contributed by atoms with Crippen molar-refractivity contribution in [2.45, 2.75) is 5.44 Å². The van der Waals surface area contributed by atoms with E-state index >= 15 is 0 Å². The van der Waals surface area contributed by atoms with Gasteiger partial charge in [-0.15, -0.1) is 11.8 Å². The van der Waals surface area contributed by atoms with Gasteiger partial charge in [-0.05, 0) is 36.1 Å². The smallest absolute Gasteiger partial charge is 0.355 e. The van der Waals surface area contributed by atoms with Crippen molar-refractivity contribution in [3.05, 3.63) is 42.6 Å². The van der Waals surface area contributed by atoms with Gasteiger partial charge in [-0.1, -0.05) is 12.7 Å². The Morgan fingerprint density at radius 1 is 1.53 bits per heavy atom. The Morgan fingerprint density at radius 3 is 2.95 bits per heavy atom. The number of carboxylic acids is 1. The highest BCUT2D eigenvalue weighted by Gasteiger charge is 2.17. The quantitative estimate of drug-likeness (QED) is 0.850. The van der Waals surface area contributed by atoms with Crippen LogP contribution in [0.25, 0.3) is 17.0 Å². The van der Waals surface area contributed by atoms with Gasteiger partial charge in [-0.25, -0.2) is 4.79 Å². The second-order valence-corrected chi connectivity index (χ2v) is 4.75. The van der Waals surface area contributed by atoms with E-state index in [0.29, 0.717) is 5.75 Å². The standard InChI is InChI=1S/C14H13NO3S/c1-3-9-6-10-7-11(4-5-12(10)15-8-9)18-14(19-2)13(16)17/h3-8,14H,1H2,2H3,(H,16,17). The SMILES string of the molecule is C=Cc1cnc2ccc(OC(SC)C(=O)O)cc2c1. The second-order valence-electron chi connectivity index (χ2n) is 3.85. The maximum Gasteiger partial charge on any atom is 0.355 e. The average Bonchev–Trinajstić information content (AvgIpc) is 2.43. The van der Waals surface area contributed by atoms with Gasteiger partial charge in [-0.3, -0.25) is 4.98 Å². The normalized spacial score (nSPS) is 12.1. The van der Waals surface area contributed by atoms with Gasteiger partial charge in [0.1, 0.15) is 5.75 Å². The van der Waals surface area contributed by atoms with E-state index in [9.17, 15) is 4.79 Å². The van der Waals surface area contributed by atoms with Crippen molar-refractivity contribution in [2.75, 3.05) is 6.26 Å². The number of aromatic nitrogens is 1. The van der Waals surface area contributed by atoms with Crippen molar-refractivity contribution in [3.8, 4) is 5.75 Å². The molecule has 1 aromatic heterocycles. The first kappa shape index (κ1) is 13.4. The fourth-order valence-corrected chi connectivity index (χ4v) is 2.04. The largest absolute Gasteiger partial charge is 0.478 e. The Kier molecular flexibility index (Phi) is 4.06. The van der Waals surface area contributed by atoms with Gasteiger partial charge < -0.3 is 9.84 Å². The van der Waals surface area contributed by atoms with Crippen LogP contribution in [0.2, 0.25) is 0 Å². The molecular formula is C14H13NO3S. The van der Waals surface area contributed by atoms with Crippen LogP contribution in [0.5, 0.6) is 5.75 Å². The van der Waals surface area contributed by atoms with Crippen LogP contribution in [0.3, 0.4) is 0 Å². The van der Waals surface area contributed by atoms with Crippen LogP contribution in [-0.4, -0.2) is 27.8 Å². The van der Waals surface area contributed by atoms with Crippen molar-refractivity contribution in [1.29, 1.82) is 0 Å². The number of rotatable bonds is 5. The first-order chi connectivity index (χ1) is 9.13. The van der Waals surface area contributed by atoms with Crippen LogP contribution in [0.1, 0.15) is 5.56 Å². The van der Waals surface area contributed by atoms with E-state index in [1.54, 1.807) is 36.7 Å². The van der Waals surface area contributed by atoms with Gasteiger partial charge >= 0.3 is 5.97 Å². The summed E-state index contributed by atoms with van der Waals surface area (Å²) in [4.78, 5) is 15.2. The zero-order valence-corrected chi connectivity index (χ0v) is 11.2. The third-order valence-electron chi connectivity index (χ3n) is 2.57. The Morgan fingerprint density at radius 2 is 2.32 bits per heavy atom. The predicted molar refractivity (Wildman–Crippen MR) is 77.4 cm³/mol. The van der Waals surface area contributed by atoms with Crippen molar-refractivity contribution in [2.24, 2.45) is 0 Å². The maximum absolute atomic E-state index is 10.9. The number of ether oxygens (including phenoxy) is 1. The van der Waals surface area contributed by atoms with Crippen LogP contribution in [0, 0.1) is 0 Å². The Hall–Kier alpha value is -2.01. The van der Waals surface area contributed by atoms with E-state index in [4.69, 9.17) is 9.84 Å². The van der Waals surface area contributed by atoms with Gasteiger partial charge in [0.15, 0.2) is 0 Å². The number of hydrogen-bond donors (Lipinski definition) is 1. The number of thioether (sulfide) groups is 1. The molecule has 5 heteroatoms. The van der Waals surface area contributed by atoms with Crippen LogP contribution >= 0.6 is 11.8 Å². The zero-order chi connectivity index (χ0) is 13.8. The van der Waals surface area contributed by atoms with Crippen molar-refractivity contribution in [3.63, 3.8) is 0 Å². The number of benzene rings is 1. The lowest BCUT2D eigenvalue weighted by molar-refractivity contribution is -0.140. The molecule has 0 saturated heterocycles. The van der Waals surface area contributed by atoms with E-state index in [1.165, 1.54) is 0 Å². The van der Waals surface area contributed by atoms with E-state index in [0.717, 1.165) is 28.2 Å². The van der Waals surface area contributed by atoms with E-state index in [1.807, 2.05) is 6.07 Å². The molecule has 0 bridgehead atoms. The number of aliphatic carboxylic acids is 1. The fourth-order valence-electron chi connectivity index (χ4n) is 1.63. The lowest BCUT2D eigenvalue weighted by Crippen LogP contribution is -2.22. The number of fused-ring (bicyclic) bond motifs is 1. The fraction of sp³-hybridized carbons (Fsp3) is 0.143. The minimum Gasteiger partial charge on any atom is -0.478 e. The molecule has 1 N–H and O–H groups in total. The Balaban J connectivity index is 2.34. The highest BCUT2D eigenvalue weighted by molar-refractivity contribution is 7.99. The minimum atomic E-state index is -0.995. The summed E-state index contributed by atoms with van der Waals surface area (Å²) >= 11 is 1.13. The number of carboxylic acid groups (broad SMARTS) is 1. The second kappa shape index (κ2) is 5.75. The van der Waals surface area contributed by atoms with E-state index in [-0.39, 0.29) is 0 Å². The highest BCUT2D eigenvalue weighted by Crippen LogP contribution is 2.23. The lowest BCUT2D eigenvalue weighted by Gasteiger charge is -2.12. The number of pyridine rings is 1. The van der Waals surface area contributed by atoms with E-state index < -0.39 is 11.4 Å². The summed E-state index contributed by atoms with van der Waals surface area (Å²) in [5.41, 5.74) is 0.825. The van der Waals surface area contributed by atoms with Gasteiger partial charge in [0.25, 0.3) is 0 Å². The monoisotopic (exact) mass is 275 g/mol. The molecule has 19 heavy (non-hydrogen) atoms. The third-order valence-corrected chi connectivity index (χ3v) is 3.29. The molecule has 0 radical (unpaired) electrons. The predicted octanol–water partition coefficient (Wildman–Crippen LogP) is 3.03. The van der Waals surface area contributed by atoms with Crippen molar-refractivity contribution >= 4 is 34.7 Å². The molecule has 0 aliphatic heterocycles. The molecule has 0 amide bonds. The molecule has 1 unspecified atom stereocenters. The molecule has 0 spiro atoms. The number of carbonyl (C=O) groups is 1. The minimum absolute atomic E-state index is 0.511. The number of hydrogen-bond acceptors (Lipinski definition) is 4. The molecule has 1 aromatic carbocycles. The molecule has 0 saturated carbocycles.